The minimum atomic E-state index is -0.680. The molecule has 0 saturated carbocycles. The number of furan rings is 1. The first kappa shape index (κ1) is 16.5. The average Bonchev–Trinajstić information content (AvgIpc) is 3.01. The van der Waals surface area contributed by atoms with E-state index in [9.17, 15) is 14.9 Å². The van der Waals surface area contributed by atoms with Gasteiger partial charge in [-0.15, -0.1) is 0 Å². The standard InChI is InChI=1S/C16H19N3O4/c1-4-18(5-2)12-6-7-13(11(3)10-12)17-16(20)14-8-9-15(23-14)19(21)22/h6-10H,4-5H2,1-3H3,(H,17,20). The lowest BCUT2D eigenvalue weighted by molar-refractivity contribution is -0.402. The van der Waals surface area contributed by atoms with Gasteiger partial charge in [-0.3, -0.25) is 14.9 Å². The second-order valence-corrected chi connectivity index (χ2v) is 5.02. The molecule has 1 amide bonds. The van der Waals surface area contributed by atoms with Gasteiger partial charge in [0.1, 0.15) is 4.92 Å². The summed E-state index contributed by atoms with van der Waals surface area (Å²) in [5.74, 6) is -1.07. The first-order valence-electron chi connectivity index (χ1n) is 7.37. The van der Waals surface area contributed by atoms with E-state index in [0.29, 0.717) is 5.69 Å². The molecular weight excluding hydrogens is 298 g/mol. The molecule has 0 aliphatic carbocycles. The van der Waals surface area contributed by atoms with Gasteiger partial charge in [-0.25, -0.2) is 0 Å². The lowest BCUT2D eigenvalue weighted by Crippen LogP contribution is -2.22. The van der Waals surface area contributed by atoms with Gasteiger partial charge in [0.05, 0.1) is 6.07 Å². The molecule has 0 fully saturated rings. The topological polar surface area (TPSA) is 88.6 Å². The number of benzene rings is 1. The van der Waals surface area contributed by atoms with E-state index in [-0.39, 0.29) is 5.76 Å². The molecule has 23 heavy (non-hydrogen) atoms. The van der Waals surface area contributed by atoms with E-state index in [0.717, 1.165) is 30.4 Å². The number of rotatable bonds is 6. The van der Waals surface area contributed by atoms with Crippen LogP contribution in [0.2, 0.25) is 0 Å². The zero-order chi connectivity index (χ0) is 17.0. The van der Waals surface area contributed by atoms with Crippen LogP contribution >= 0.6 is 0 Å². The molecule has 0 aliphatic rings. The Balaban J connectivity index is 2.16. The van der Waals surface area contributed by atoms with E-state index >= 15 is 0 Å². The van der Waals surface area contributed by atoms with Crippen LogP contribution in [-0.2, 0) is 0 Å². The second kappa shape index (κ2) is 6.95. The minimum Gasteiger partial charge on any atom is -0.395 e. The number of hydrogen-bond donors (Lipinski definition) is 1. The Labute approximate surface area is 134 Å². The maximum Gasteiger partial charge on any atom is 0.433 e. The Kier molecular flexibility index (Phi) is 5.00. The van der Waals surface area contributed by atoms with Crippen molar-refractivity contribution >= 4 is 23.2 Å². The highest BCUT2D eigenvalue weighted by atomic mass is 16.6. The Morgan fingerprint density at radius 1 is 1.26 bits per heavy atom. The summed E-state index contributed by atoms with van der Waals surface area (Å²) in [4.78, 5) is 24.2. The molecule has 2 aromatic rings. The normalized spacial score (nSPS) is 10.4. The fraction of sp³-hybridized carbons (Fsp3) is 0.312. The van der Waals surface area contributed by atoms with Crippen LogP contribution in [0, 0.1) is 17.0 Å². The molecule has 0 radical (unpaired) electrons. The molecule has 0 saturated heterocycles. The molecule has 7 nitrogen and oxygen atoms in total. The van der Waals surface area contributed by atoms with Crippen LogP contribution in [0.5, 0.6) is 0 Å². The highest BCUT2D eigenvalue weighted by Crippen LogP contribution is 2.24. The smallest absolute Gasteiger partial charge is 0.395 e. The van der Waals surface area contributed by atoms with Crippen molar-refractivity contribution in [2.45, 2.75) is 20.8 Å². The van der Waals surface area contributed by atoms with Gasteiger partial charge in [-0.2, -0.15) is 0 Å². The van der Waals surface area contributed by atoms with Gasteiger partial charge in [-0.05, 0) is 50.6 Å². The number of nitrogens with zero attached hydrogens (tertiary/aromatic N) is 2. The van der Waals surface area contributed by atoms with Gasteiger partial charge in [0, 0.05) is 24.5 Å². The molecule has 1 heterocycles. The van der Waals surface area contributed by atoms with Gasteiger partial charge in [0.25, 0.3) is 5.91 Å². The molecule has 2 rings (SSSR count). The predicted octanol–water partition coefficient (Wildman–Crippen LogP) is 3.59. The minimum absolute atomic E-state index is 0.0936. The van der Waals surface area contributed by atoms with E-state index in [1.165, 1.54) is 6.07 Å². The van der Waals surface area contributed by atoms with Crippen molar-refractivity contribution in [2.75, 3.05) is 23.3 Å². The Morgan fingerprint density at radius 3 is 2.48 bits per heavy atom. The first-order chi connectivity index (χ1) is 11.0. The molecule has 1 aromatic heterocycles. The van der Waals surface area contributed by atoms with Crippen molar-refractivity contribution in [1.29, 1.82) is 0 Å². The van der Waals surface area contributed by atoms with Gasteiger partial charge in [0.15, 0.2) is 5.76 Å². The highest BCUT2D eigenvalue weighted by Gasteiger charge is 2.18. The fourth-order valence-electron chi connectivity index (χ4n) is 2.31. The number of amides is 1. The number of hydrogen-bond acceptors (Lipinski definition) is 5. The number of anilines is 2. The molecule has 0 atom stereocenters. The molecule has 1 N–H and O–H groups in total. The van der Waals surface area contributed by atoms with Crippen molar-refractivity contribution in [3.8, 4) is 0 Å². The van der Waals surface area contributed by atoms with Gasteiger partial charge in [-0.1, -0.05) is 0 Å². The fourth-order valence-corrected chi connectivity index (χ4v) is 2.31. The number of aryl methyl sites for hydroxylation is 1. The summed E-state index contributed by atoms with van der Waals surface area (Å²) < 4.78 is 4.90. The third-order valence-electron chi connectivity index (χ3n) is 3.58. The molecule has 0 aliphatic heterocycles. The number of carbonyl (C=O) groups excluding carboxylic acids is 1. The van der Waals surface area contributed by atoms with Crippen LogP contribution in [0.3, 0.4) is 0 Å². The van der Waals surface area contributed by atoms with Crippen LogP contribution in [-0.4, -0.2) is 23.9 Å². The van der Waals surface area contributed by atoms with Crippen LogP contribution in [0.25, 0.3) is 0 Å². The zero-order valence-corrected chi connectivity index (χ0v) is 13.3. The number of carbonyl (C=O) groups is 1. The summed E-state index contributed by atoms with van der Waals surface area (Å²) in [6, 6.07) is 8.18. The molecular formula is C16H19N3O4. The Hall–Kier alpha value is -2.83. The third kappa shape index (κ3) is 3.68. The van der Waals surface area contributed by atoms with E-state index in [4.69, 9.17) is 4.42 Å². The quantitative estimate of drug-likeness (QED) is 0.649. The van der Waals surface area contributed by atoms with Crippen molar-refractivity contribution in [1.82, 2.24) is 0 Å². The molecule has 1 aromatic carbocycles. The average molecular weight is 317 g/mol. The van der Waals surface area contributed by atoms with E-state index < -0.39 is 16.7 Å². The van der Waals surface area contributed by atoms with Crippen LogP contribution < -0.4 is 10.2 Å². The van der Waals surface area contributed by atoms with Crippen molar-refractivity contribution in [3.05, 3.63) is 51.8 Å². The second-order valence-electron chi connectivity index (χ2n) is 5.02. The lowest BCUT2D eigenvalue weighted by atomic mass is 10.1. The first-order valence-corrected chi connectivity index (χ1v) is 7.37. The summed E-state index contributed by atoms with van der Waals surface area (Å²) in [5.41, 5.74) is 2.63. The monoisotopic (exact) mass is 317 g/mol. The largest absolute Gasteiger partial charge is 0.433 e. The van der Waals surface area contributed by atoms with Gasteiger partial charge < -0.3 is 14.6 Å². The molecule has 0 bridgehead atoms. The summed E-state index contributed by atoms with van der Waals surface area (Å²) in [5, 5.41) is 13.3. The maximum absolute atomic E-state index is 12.1. The molecule has 0 spiro atoms. The SMILES string of the molecule is CCN(CC)c1ccc(NC(=O)c2ccc([N+](=O)[O-])o2)c(C)c1. The highest BCUT2D eigenvalue weighted by molar-refractivity contribution is 6.02. The van der Waals surface area contributed by atoms with Crippen LogP contribution in [0.1, 0.15) is 30.0 Å². The summed E-state index contributed by atoms with van der Waals surface area (Å²) in [7, 11) is 0. The summed E-state index contributed by atoms with van der Waals surface area (Å²) in [6.07, 6.45) is 0. The van der Waals surface area contributed by atoms with E-state index in [2.05, 4.69) is 24.1 Å². The van der Waals surface area contributed by atoms with Crippen molar-refractivity contribution in [3.63, 3.8) is 0 Å². The Bertz CT molecular complexity index is 720. The number of nitro groups is 1. The van der Waals surface area contributed by atoms with E-state index in [1.807, 2.05) is 25.1 Å². The van der Waals surface area contributed by atoms with Crippen LogP contribution in [0.15, 0.2) is 34.7 Å². The molecule has 122 valence electrons. The van der Waals surface area contributed by atoms with E-state index in [1.54, 1.807) is 0 Å². The predicted molar refractivity (Wildman–Crippen MR) is 88.1 cm³/mol. The molecule has 0 unspecified atom stereocenters. The van der Waals surface area contributed by atoms with Gasteiger partial charge >= 0.3 is 5.88 Å². The zero-order valence-electron chi connectivity index (χ0n) is 13.3. The molecule has 7 heteroatoms. The third-order valence-corrected chi connectivity index (χ3v) is 3.58. The lowest BCUT2D eigenvalue weighted by Gasteiger charge is -2.22. The van der Waals surface area contributed by atoms with Crippen LogP contribution in [0.4, 0.5) is 17.3 Å². The van der Waals surface area contributed by atoms with Crippen molar-refractivity contribution < 1.29 is 14.1 Å². The maximum atomic E-state index is 12.1. The number of nitrogens with one attached hydrogen (secondary N) is 1. The van der Waals surface area contributed by atoms with Gasteiger partial charge in [0.2, 0.25) is 0 Å². The van der Waals surface area contributed by atoms with Crippen molar-refractivity contribution in [2.24, 2.45) is 0 Å². The Morgan fingerprint density at radius 2 is 1.96 bits per heavy atom. The summed E-state index contributed by atoms with van der Waals surface area (Å²) >= 11 is 0. The summed E-state index contributed by atoms with van der Waals surface area (Å²) in [6.45, 7) is 7.86.